The number of hydrogen-bond acceptors (Lipinski definition) is 3. The number of rotatable bonds is 7. The van der Waals surface area contributed by atoms with Crippen LogP contribution in [0.5, 0.6) is 0 Å². The second-order valence-corrected chi connectivity index (χ2v) is 8.27. The van der Waals surface area contributed by atoms with Crippen LogP contribution in [0.4, 0.5) is 11.4 Å². The Morgan fingerprint density at radius 2 is 1.87 bits per heavy atom. The van der Waals surface area contributed by atoms with Crippen LogP contribution >= 0.6 is 0 Å². The molecule has 2 aliphatic rings. The number of fused-ring (bicyclic) bond motifs is 3. The Morgan fingerprint density at radius 3 is 2.57 bits per heavy atom. The van der Waals surface area contributed by atoms with Gasteiger partial charge in [0.05, 0.1) is 17.3 Å². The monoisotopic (exact) mass is 403 g/mol. The van der Waals surface area contributed by atoms with Crippen LogP contribution in [-0.4, -0.2) is 25.5 Å². The Morgan fingerprint density at radius 1 is 1.10 bits per heavy atom. The van der Waals surface area contributed by atoms with Crippen molar-refractivity contribution in [2.75, 3.05) is 29.9 Å². The molecule has 0 saturated heterocycles. The molecular formula is C26H33N3O. The smallest absolute Gasteiger partial charge is 0.253 e. The molecule has 0 radical (unpaired) electrons. The molecule has 0 bridgehead atoms. The van der Waals surface area contributed by atoms with Gasteiger partial charge in [-0.2, -0.15) is 0 Å². The van der Waals surface area contributed by atoms with Gasteiger partial charge < -0.3 is 15.5 Å². The zero-order chi connectivity index (χ0) is 21.1. The largest absolute Gasteiger partial charge is 0.377 e. The highest BCUT2D eigenvalue weighted by Gasteiger charge is 2.39. The Labute approximate surface area is 180 Å². The number of benzene rings is 2. The third-order valence-electron chi connectivity index (χ3n) is 6.56. The van der Waals surface area contributed by atoms with Crippen molar-refractivity contribution >= 4 is 17.3 Å². The first-order valence-electron chi connectivity index (χ1n) is 11.4. The van der Waals surface area contributed by atoms with Crippen LogP contribution < -0.4 is 15.5 Å². The zero-order valence-electron chi connectivity index (χ0n) is 18.3. The predicted octanol–water partition coefficient (Wildman–Crippen LogP) is 5.50. The summed E-state index contributed by atoms with van der Waals surface area (Å²) in [6.07, 6.45) is 6.62. The molecule has 4 rings (SSSR count). The van der Waals surface area contributed by atoms with Gasteiger partial charge in [-0.15, -0.1) is 0 Å². The summed E-state index contributed by atoms with van der Waals surface area (Å²) in [5.41, 5.74) is 5.55. The highest BCUT2D eigenvalue weighted by Crippen LogP contribution is 2.50. The van der Waals surface area contributed by atoms with Gasteiger partial charge >= 0.3 is 0 Å². The minimum absolute atomic E-state index is 0.0113. The fraction of sp³-hybridized carbons (Fsp3) is 0.423. The average molecular weight is 404 g/mol. The molecule has 0 spiro atoms. The molecule has 4 nitrogen and oxygen atoms in total. The van der Waals surface area contributed by atoms with E-state index in [0.29, 0.717) is 18.4 Å². The molecule has 1 amide bonds. The van der Waals surface area contributed by atoms with E-state index in [9.17, 15) is 4.79 Å². The summed E-state index contributed by atoms with van der Waals surface area (Å²) in [6, 6.07) is 15.3. The lowest BCUT2D eigenvalue weighted by Gasteiger charge is -2.38. The number of amides is 1. The van der Waals surface area contributed by atoms with Gasteiger partial charge in [0.25, 0.3) is 5.91 Å². The van der Waals surface area contributed by atoms with Crippen LogP contribution in [-0.2, 0) is 0 Å². The summed E-state index contributed by atoms with van der Waals surface area (Å²) in [5, 5.41) is 6.82. The molecule has 0 fully saturated rings. The van der Waals surface area contributed by atoms with Crippen molar-refractivity contribution in [3.8, 4) is 0 Å². The minimum Gasteiger partial charge on any atom is -0.377 e. The maximum Gasteiger partial charge on any atom is 0.253 e. The van der Waals surface area contributed by atoms with Gasteiger partial charge in [-0.1, -0.05) is 43.3 Å². The van der Waals surface area contributed by atoms with E-state index < -0.39 is 0 Å². The molecule has 0 saturated carbocycles. The summed E-state index contributed by atoms with van der Waals surface area (Å²) in [7, 11) is 0. The van der Waals surface area contributed by atoms with Crippen molar-refractivity contribution in [3.05, 3.63) is 71.3 Å². The van der Waals surface area contributed by atoms with Crippen molar-refractivity contribution in [2.45, 2.75) is 45.6 Å². The fourth-order valence-corrected chi connectivity index (χ4v) is 4.96. The number of anilines is 2. The molecular weight excluding hydrogens is 370 g/mol. The van der Waals surface area contributed by atoms with Crippen LogP contribution in [0.2, 0.25) is 0 Å². The topological polar surface area (TPSA) is 44.4 Å². The van der Waals surface area contributed by atoms with Gasteiger partial charge in [-0.25, -0.2) is 0 Å². The molecule has 3 atom stereocenters. The molecule has 0 aromatic heterocycles. The lowest BCUT2D eigenvalue weighted by molar-refractivity contribution is 0.0954. The van der Waals surface area contributed by atoms with Gasteiger partial charge in [-0.05, 0) is 61.9 Å². The summed E-state index contributed by atoms with van der Waals surface area (Å²) in [6.45, 7) is 9.18. The SMILES string of the molecule is CCCNC(=O)c1cccc2c1NC(c1ccc(N(CC)CC)cc1)C1CC=CC21. The average Bonchev–Trinajstić information content (AvgIpc) is 3.28. The van der Waals surface area contributed by atoms with Crippen molar-refractivity contribution in [3.63, 3.8) is 0 Å². The quantitative estimate of drug-likeness (QED) is 0.600. The van der Waals surface area contributed by atoms with E-state index in [2.05, 4.69) is 78.8 Å². The highest BCUT2D eigenvalue weighted by molar-refractivity contribution is 6.00. The second-order valence-electron chi connectivity index (χ2n) is 8.27. The molecule has 158 valence electrons. The van der Waals surface area contributed by atoms with Crippen LogP contribution in [0.3, 0.4) is 0 Å². The van der Waals surface area contributed by atoms with Crippen LogP contribution in [0.15, 0.2) is 54.6 Å². The third-order valence-corrected chi connectivity index (χ3v) is 6.56. The molecule has 30 heavy (non-hydrogen) atoms. The maximum absolute atomic E-state index is 12.8. The molecule has 1 aliphatic carbocycles. The first-order chi connectivity index (χ1) is 14.7. The molecule has 4 heteroatoms. The van der Waals surface area contributed by atoms with Gasteiger partial charge in [0.15, 0.2) is 0 Å². The highest BCUT2D eigenvalue weighted by atomic mass is 16.1. The number of para-hydroxylation sites is 1. The van der Waals surface area contributed by atoms with E-state index in [4.69, 9.17) is 0 Å². The number of nitrogens with zero attached hydrogens (tertiary/aromatic N) is 1. The Hall–Kier alpha value is -2.75. The van der Waals surface area contributed by atoms with Crippen molar-refractivity contribution in [1.82, 2.24) is 5.32 Å². The second kappa shape index (κ2) is 8.95. The van der Waals surface area contributed by atoms with Crippen LogP contribution in [0, 0.1) is 5.92 Å². The van der Waals surface area contributed by atoms with Gasteiger partial charge in [-0.3, -0.25) is 4.79 Å². The van der Waals surface area contributed by atoms with E-state index in [0.717, 1.165) is 37.2 Å². The normalized spacial score (nSPS) is 21.5. The van der Waals surface area contributed by atoms with Gasteiger partial charge in [0.2, 0.25) is 0 Å². The summed E-state index contributed by atoms with van der Waals surface area (Å²) in [4.78, 5) is 15.2. The lowest BCUT2D eigenvalue weighted by Crippen LogP contribution is -2.32. The Bertz CT molecular complexity index is 914. The number of allylic oxidation sites excluding steroid dienone is 2. The van der Waals surface area contributed by atoms with Gasteiger partial charge in [0, 0.05) is 31.2 Å². The number of nitrogens with one attached hydrogen (secondary N) is 2. The molecule has 2 N–H and O–H groups in total. The number of hydrogen-bond donors (Lipinski definition) is 2. The summed E-state index contributed by atoms with van der Waals surface area (Å²) in [5.74, 6) is 0.843. The fourth-order valence-electron chi connectivity index (χ4n) is 4.96. The first kappa shape index (κ1) is 20.5. The molecule has 3 unspecified atom stereocenters. The van der Waals surface area contributed by atoms with Crippen LogP contribution in [0.25, 0.3) is 0 Å². The minimum atomic E-state index is 0.0113. The molecule has 2 aromatic carbocycles. The predicted molar refractivity (Wildman–Crippen MR) is 125 cm³/mol. The zero-order valence-corrected chi connectivity index (χ0v) is 18.3. The van der Waals surface area contributed by atoms with Crippen molar-refractivity contribution in [2.24, 2.45) is 5.92 Å². The summed E-state index contributed by atoms with van der Waals surface area (Å²) < 4.78 is 0. The Kier molecular flexibility index (Phi) is 6.12. The summed E-state index contributed by atoms with van der Waals surface area (Å²) >= 11 is 0. The van der Waals surface area contributed by atoms with Crippen molar-refractivity contribution in [1.29, 1.82) is 0 Å². The molecule has 2 aromatic rings. The number of carbonyl (C=O) groups is 1. The number of carbonyl (C=O) groups excluding carboxylic acids is 1. The Balaban J connectivity index is 1.68. The third kappa shape index (κ3) is 3.71. The van der Waals surface area contributed by atoms with Crippen molar-refractivity contribution < 1.29 is 4.79 Å². The van der Waals surface area contributed by atoms with E-state index in [1.807, 2.05) is 12.1 Å². The van der Waals surface area contributed by atoms with E-state index >= 15 is 0 Å². The first-order valence-corrected chi connectivity index (χ1v) is 11.4. The lowest BCUT2D eigenvalue weighted by atomic mass is 9.76. The molecule has 1 aliphatic heterocycles. The standard InChI is InChI=1S/C26H33N3O/c1-4-17-27-26(30)23-12-8-11-22-20-9-7-10-21(20)24(28-25(22)23)18-13-15-19(16-14-18)29(5-2)6-3/h7-9,11-16,20-21,24,28H,4-6,10,17H2,1-3H3,(H,27,30). The van der Waals surface area contributed by atoms with E-state index in [-0.39, 0.29) is 11.9 Å². The van der Waals surface area contributed by atoms with E-state index in [1.54, 1.807) is 0 Å². The van der Waals surface area contributed by atoms with E-state index in [1.165, 1.54) is 16.8 Å². The molecule has 1 heterocycles. The van der Waals surface area contributed by atoms with Crippen LogP contribution in [0.1, 0.15) is 67.1 Å². The maximum atomic E-state index is 12.8. The van der Waals surface area contributed by atoms with Gasteiger partial charge in [0.1, 0.15) is 0 Å².